The molecule has 1 heterocycles. The third-order valence-corrected chi connectivity index (χ3v) is 6.92. The van der Waals surface area contributed by atoms with Gasteiger partial charge in [0.1, 0.15) is 11.4 Å². The molecule has 1 atom stereocenters. The van der Waals surface area contributed by atoms with Crippen LogP contribution in [0.25, 0.3) is 0 Å². The summed E-state index contributed by atoms with van der Waals surface area (Å²) in [5, 5.41) is 2.46. The third kappa shape index (κ3) is 11.5. The Kier molecular flexibility index (Phi) is 14.3. The highest BCUT2D eigenvalue weighted by atomic mass is 19.4. The minimum Gasteiger partial charge on any atom is -0.481 e. The average molecular weight is 538 g/mol. The summed E-state index contributed by atoms with van der Waals surface area (Å²) in [6.07, 6.45) is 13.8. The van der Waals surface area contributed by atoms with Crippen LogP contribution in [0.1, 0.15) is 115 Å². The molecule has 2 rings (SSSR count). The quantitative estimate of drug-likeness (QED) is 0.182. The van der Waals surface area contributed by atoms with E-state index in [4.69, 9.17) is 4.74 Å². The highest BCUT2D eigenvalue weighted by Gasteiger charge is 2.35. The number of hydrogen-bond donors (Lipinski definition) is 1. The van der Waals surface area contributed by atoms with E-state index < -0.39 is 23.9 Å². The molecule has 1 N–H and O–H groups in total. The lowest BCUT2D eigenvalue weighted by molar-refractivity contribution is -0.143. The minimum absolute atomic E-state index is 0.166. The predicted octanol–water partition coefficient (Wildman–Crippen LogP) is 8.87. The average Bonchev–Trinajstić information content (AvgIpc) is 3.25. The number of nitrogens with zero attached hydrogens (tertiary/aromatic N) is 2. The molecule has 0 spiro atoms. The van der Waals surface area contributed by atoms with E-state index in [2.05, 4.69) is 23.3 Å². The van der Waals surface area contributed by atoms with Gasteiger partial charge >= 0.3 is 6.18 Å². The van der Waals surface area contributed by atoms with Crippen LogP contribution in [0, 0.1) is 0 Å². The molecule has 0 fully saturated rings. The van der Waals surface area contributed by atoms with Gasteiger partial charge in [0.05, 0.1) is 6.20 Å². The summed E-state index contributed by atoms with van der Waals surface area (Å²) in [5.41, 5.74) is 0.224. The Balaban J connectivity index is 1.68. The Morgan fingerprint density at radius 1 is 0.947 bits per heavy atom. The van der Waals surface area contributed by atoms with Crippen LogP contribution in [-0.2, 0) is 24.4 Å². The van der Waals surface area contributed by atoms with Crippen molar-refractivity contribution in [1.29, 1.82) is 0 Å². The molecule has 1 unspecified atom stereocenters. The number of carbonyl (C=O) groups is 1. The molecule has 214 valence electrons. The third-order valence-electron chi connectivity index (χ3n) is 6.92. The Labute approximate surface area is 226 Å². The van der Waals surface area contributed by atoms with Crippen molar-refractivity contribution in [1.82, 2.24) is 9.55 Å². The number of imidazole rings is 1. The predicted molar refractivity (Wildman–Crippen MR) is 147 cm³/mol. The van der Waals surface area contributed by atoms with Gasteiger partial charge in [0.2, 0.25) is 5.95 Å². The number of nitrogens with one attached hydrogen (secondary N) is 1. The lowest BCUT2D eigenvalue weighted by Gasteiger charge is -2.18. The Hall–Kier alpha value is -2.51. The van der Waals surface area contributed by atoms with Crippen molar-refractivity contribution in [3.8, 4) is 5.75 Å². The monoisotopic (exact) mass is 537 g/mol. The first-order valence-electron chi connectivity index (χ1n) is 14.4. The summed E-state index contributed by atoms with van der Waals surface area (Å²) in [5.74, 6) is -0.118. The Bertz CT molecular complexity index is 943. The number of ether oxygens (including phenoxy) is 1. The number of unbranched alkanes of at least 4 members (excludes halogenated alkanes) is 12. The van der Waals surface area contributed by atoms with Gasteiger partial charge in [-0.25, -0.2) is 4.98 Å². The van der Waals surface area contributed by atoms with Crippen molar-refractivity contribution in [3.63, 3.8) is 0 Å². The topological polar surface area (TPSA) is 56.1 Å². The number of carbonyl (C=O) groups excluding carboxylic acids is 1. The fourth-order valence-corrected chi connectivity index (χ4v) is 4.59. The largest absolute Gasteiger partial charge is 0.481 e. The highest BCUT2D eigenvalue weighted by Crippen LogP contribution is 2.30. The summed E-state index contributed by atoms with van der Waals surface area (Å²) in [6.45, 7) is 4.05. The number of aryl methyl sites for hydroxylation is 1. The van der Waals surface area contributed by atoms with Crippen LogP contribution in [0.2, 0.25) is 0 Å². The van der Waals surface area contributed by atoms with Gasteiger partial charge in [0.25, 0.3) is 5.91 Å². The molecule has 8 heteroatoms. The summed E-state index contributed by atoms with van der Waals surface area (Å²) < 4.78 is 45.7. The Morgan fingerprint density at radius 3 is 2.05 bits per heavy atom. The number of benzene rings is 1. The first-order chi connectivity index (χ1) is 18.3. The van der Waals surface area contributed by atoms with E-state index in [0.29, 0.717) is 18.4 Å². The van der Waals surface area contributed by atoms with Crippen LogP contribution in [0.3, 0.4) is 0 Å². The molecule has 0 radical (unpaired) electrons. The maximum Gasteiger partial charge on any atom is 0.433 e. The van der Waals surface area contributed by atoms with Gasteiger partial charge in [-0.1, -0.05) is 103 Å². The van der Waals surface area contributed by atoms with Gasteiger partial charge in [0, 0.05) is 7.05 Å². The smallest absolute Gasteiger partial charge is 0.433 e. The molecular weight excluding hydrogens is 491 g/mol. The molecule has 38 heavy (non-hydrogen) atoms. The fourth-order valence-electron chi connectivity index (χ4n) is 4.59. The number of anilines is 1. The fraction of sp³-hybridized carbons (Fsp3) is 0.667. The molecule has 0 aliphatic rings. The van der Waals surface area contributed by atoms with E-state index in [-0.39, 0.29) is 5.95 Å². The number of rotatable bonds is 19. The van der Waals surface area contributed by atoms with Crippen molar-refractivity contribution in [2.75, 3.05) is 5.32 Å². The maximum atomic E-state index is 13.0. The van der Waals surface area contributed by atoms with E-state index >= 15 is 0 Å². The molecule has 0 bridgehead atoms. The van der Waals surface area contributed by atoms with Gasteiger partial charge in [-0.3, -0.25) is 10.1 Å². The zero-order valence-corrected chi connectivity index (χ0v) is 23.4. The summed E-state index contributed by atoms with van der Waals surface area (Å²) in [4.78, 5) is 16.4. The lowest BCUT2D eigenvalue weighted by Crippen LogP contribution is -2.33. The highest BCUT2D eigenvalue weighted by molar-refractivity contribution is 5.93. The van der Waals surface area contributed by atoms with Gasteiger partial charge < -0.3 is 9.30 Å². The summed E-state index contributed by atoms with van der Waals surface area (Å²) >= 11 is 0. The van der Waals surface area contributed by atoms with Gasteiger partial charge in [0.15, 0.2) is 6.10 Å². The molecule has 0 aliphatic carbocycles. The summed E-state index contributed by atoms with van der Waals surface area (Å²) in [7, 11) is 1.22. The molecule has 1 amide bonds. The van der Waals surface area contributed by atoms with Crippen LogP contribution in [-0.4, -0.2) is 21.6 Å². The van der Waals surface area contributed by atoms with Crippen molar-refractivity contribution in [2.24, 2.45) is 7.05 Å². The normalized spacial score (nSPS) is 12.5. The second-order valence-corrected chi connectivity index (χ2v) is 10.2. The molecule has 1 aromatic carbocycles. The van der Waals surface area contributed by atoms with Crippen LogP contribution in [0.5, 0.6) is 5.75 Å². The van der Waals surface area contributed by atoms with Crippen molar-refractivity contribution < 1.29 is 22.7 Å². The Morgan fingerprint density at radius 2 is 1.53 bits per heavy atom. The lowest BCUT2D eigenvalue weighted by atomic mass is 10.0. The zero-order valence-electron chi connectivity index (χ0n) is 23.4. The number of aromatic nitrogens is 2. The van der Waals surface area contributed by atoms with Crippen LogP contribution in [0.15, 0.2) is 30.5 Å². The van der Waals surface area contributed by atoms with Gasteiger partial charge in [-0.15, -0.1) is 0 Å². The number of amides is 1. The molecule has 5 nitrogen and oxygen atoms in total. The molecular formula is C30H46F3N3O2. The maximum absolute atomic E-state index is 13.0. The van der Waals surface area contributed by atoms with Crippen molar-refractivity contribution in [2.45, 2.75) is 122 Å². The molecule has 0 aliphatic heterocycles. The van der Waals surface area contributed by atoms with E-state index in [9.17, 15) is 18.0 Å². The summed E-state index contributed by atoms with van der Waals surface area (Å²) in [6, 6.07) is 7.71. The van der Waals surface area contributed by atoms with E-state index in [1.165, 1.54) is 84.1 Å². The molecule has 1 aromatic heterocycles. The van der Waals surface area contributed by atoms with E-state index in [0.717, 1.165) is 23.0 Å². The first kappa shape index (κ1) is 31.7. The second-order valence-electron chi connectivity index (χ2n) is 10.2. The number of halogens is 3. The number of hydrogen-bond acceptors (Lipinski definition) is 3. The van der Waals surface area contributed by atoms with Crippen molar-refractivity contribution in [3.05, 3.63) is 41.7 Å². The first-order valence-corrected chi connectivity index (χ1v) is 14.4. The van der Waals surface area contributed by atoms with Crippen molar-refractivity contribution >= 4 is 11.9 Å². The minimum atomic E-state index is -4.54. The number of alkyl halides is 3. The van der Waals surface area contributed by atoms with Crippen LogP contribution < -0.4 is 10.1 Å². The van der Waals surface area contributed by atoms with Gasteiger partial charge in [-0.2, -0.15) is 13.2 Å². The zero-order chi connectivity index (χ0) is 27.8. The second kappa shape index (κ2) is 17.2. The molecule has 0 saturated heterocycles. The SMILES string of the molecule is CCCCCCCCCCCCCCCc1cccc(OC(CC)C(=O)Nc2ncc(C(F)(F)F)n2C)c1. The van der Waals surface area contributed by atoms with Crippen LogP contribution in [0.4, 0.5) is 19.1 Å². The molecule has 2 aromatic rings. The standard InChI is InChI=1S/C30H46F3N3O2/c1-4-6-7-8-9-10-11-12-13-14-15-16-17-19-24-20-18-21-25(22-24)38-26(5-2)28(37)35-29-34-23-27(36(29)3)30(31,32)33/h18,20-23,26H,4-17,19H2,1-3H3,(H,34,35,37). The van der Waals surface area contributed by atoms with Crippen LogP contribution >= 0.6 is 0 Å². The van der Waals surface area contributed by atoms with Gasteiger partial charge in [-0.05, 0) is 37.0 Å². The molecule has 0 saturated carbocycles. The van der Waals surface area contributed by atoms with E-state index in [1.54, 1.807) is 13.0 Å². The van der Waals surface area contributed by atoms with E-state index in [1.807, 2.05) is 12.1 Å².